The van der Waals surface area contributed by atoms with E-state index in [1.807, 2.05) is 0 Å². The number of oxime groups is 1. The summed E-state index contributed by atoms with van der Waals surface area (Å²) in [5, 5.41) is 26.0. The van der Waals surface area contributed by atoms with Crippen molar-refractivity contribution in [3.05, 3.63) is 58.6 Å². The molecule has 3 amide bonds. The summed E-state index contributed by atoms with van der Waals surface area (Å²) in [6, 6.07) is 3.21. The lowest BCUT2D eigenvalue weighted by Gasteiger charge is -2.49. The average molecular weight is 526 g/mol. The number of amides is 3. The Morgan fingerprint density at radius 3 is 2.78 bits per heavy atom. The fraction of sp³-hybridized carbons (Fsp3) is 0.227. The Bertz CT molecular complexity index is 1400. The zero-order valence-electron chi connectivity index (χ0n) is 18.9. The van der Waals surface area contributed by atoms with Gasteiger partial charge < -0.3 is 26.1 Å². The highest BCUT2D eigenvalue weighted by Crippen LogP contribution is 2.34. The van der Waals surface area contributed by atoms with Gasteiger partial charge in [-0.2, -0.15) is 0 Å². The van der Waals surface area contributed by atoms with Crippen LogP contribution in [0.4, 0.5) is 10.9 Å². The van der Waals surface area contributed by atoms with Gasteiger partial charge in [0.05, 0.1) is 0 Å². The predicted octanol–water partition coefficient (Wildman–Crippen LogP) is -0.316. The number of carbonyl (C=O) groups is 4. The molecule has 0 bridgehead atoms. The van der Waals surface area contributed by atoms with Gasteiger partial charge in [0.1, 0.15) is 30.2 Å². The molecular weight excluding hydrogens is 506 g/mol. The minimum atomic E-state index is -1.43. The van der Waals surface area contributed by atoms with E-state index in [-0.39, 0.29) is 29.1 Å². The molecule has 3 aliphatic rings. The van der Waals surface area contributed by atoms with Crippen LogP contribution in [0.2, 0.25) is 0 Å². The maximum atomic E-state index is 12.9. The zero-order chi connectivity index (χ0) is 26.3. The number of aliphatic carboxylic acids is 1. The number of thiazole rings is 1. The van der Waals surface area contributed by atoms with Crippen molar-refractivity contribution in [2.24, 2.45) is 5.16 Å². The van der Waals surface area contributed by atoms with Crippen molar-refractivity contribution in [3.8, 4) is 0 Å². The van der Waals surface area contributed by atoms with Gasteiger partial charge in [-0.1, -0.05) is 11.2 Å². The molecule has 0 aromatic carbocycles. The van der Waals surface area contributed by atoms with Crippen LogP contribution in [-0.2, 0) is 23.9 Å². The number of allylic oxidation sites excluding steroid dienone is 1. The van der Waals surface area contributed by atoms with Gasteiger partial charge in [-0.05, 0) is 24.6 Å². The molecule has 0 spiro atoms. The predicted molar refractivity (Wildman–Crippen MR) is 127 cm³/mol. The van der Waals surface area contributed by atoms with Gasteiger partial charge in [0.15, 0.2) is 22.3 Å². The number of hydrogen-bond donors (Lipinski definition) is 4. The number of carbonyl (C=O) groups excluding carboxylic acids is 3. The topological polar surface area (TPSA) is 201 Å². The van der Waals surface area contributed by atoms with Gasteiger partial charge in [-0.3, -0.25) is 24.2 Å². The maximum absolute atomic E-state index is 12.9. The summed E-state index contributed by atoms with van der Waals surface area (Å²) >= 11 is 1.03. The van der Waals surface area contributed by atoms with Gasteiger partial charge >= 0.3 is 5.97 Å². The number of carboxylic acids is 1. The molecule has 2 atom stereocenters. The van der Waals surface area contributed by atoms with Crippen LogP contribution < -0.4 is 16.0 Å². The molecule has 5 heterocycles. The molecular formula is C22H19N7O7S. The molecule has 1 unspecified atom stereocenters. The normalized spacial score (nSPS) is 22.6. The van der Waals surface area contributed by atoms with Crippen LogP contribution in [0.15, 0.2) is 58.0 Å². The van der Waals surface area contributed by atoms with E-state index in [1.165, 1.54) is 16.4 Å². The summed E-state index contributed by atoms with van der Waals surface area (Å²) in [5.41, 5.74) is 4.99. The molecule has 190 valence electrons. The Kier molecular flexibility index (Phi) is 6.04. The third-order valence-corrected chi connectivity index (χ3v) is 6.70. The van der Waals surface area contributed by atoms with E-state index < -0.39 is 41.3 Å². The number of anilines is 2. The number of nitrogens with zero attached hydrogens (tertiary/aromatic N) is 5. The van der Waals surface area contributed by atoms with E-state index in [9.17, 15) is 29.5 Å². The number of nitrogen functional groups attached to an aromatic ring is 1. The lowest BCUT2D eigenvalue weighted by atomic mass is 9.92. The molecule has 0 radical (unpaired) electrons. The Hall–Kier alpha value is -4.79. The number of pyridine rings is 1. The molecule has 2 saturated heterocycles. The van der Waals surface area contributed by atoms with Crippen molar-refractivity contribution < 1.29 is 34.2 Å². The number of nitrogens with one attached hydrogen (secondary N) is 1. The van der Waals surface area contributed by atoms with Crippen molar-refractivity contribution in [1.82, 2.24) is 20.2 Å². The van der Waals surface area contributed by atoms with Crippen LogP contribution >= 0.6 is 11.3 Å². The number of fused-ring (bicyclic) bond motifs is 1. The smallest absolute Gasteiger partial charge is 0.356 e. The third kappa shape index (κ3) is 4.14. The zero-order valence-corrected chi connectivity index (χ0v) is 19.7. The molecule has 37 heavy (non-hydrogen) atoms. The fourth-order valence-corrected chi connectivity index (χ4v) is 4.84. The summed E-state index contributed by atoms with van der Waals surface area (Å²) in [6.07, 6.45) is 3.22. The number of aromatic nitrogens is 2. The van der Waals surface area contributed by atoms with Gasteiger partial charge in [0, 0.05) is 23.7 Å². The van der Waals surface area contributed by atoms with E-state index in [0.29, 0.717) is 24.4 Å². The lowest BCUT2D eigenvalue weighted by Crippen LogP contribution is -2.73. The second kappa shape index (κ2) is 9.34. The first-order valence-electron chi connectivity index (χ1n) is 10.9. The Morgan fingerprint density at radius 1 is 1.32 bits per heavy atom. The molecule has 0 aliphatic carbocycles. The van der Waals surface area contributed by atoms with Crippen molar-refractivity contribution in [3.63, 3.8) is 0 Å². The lowest BCUT2D eigenvalue weighted by molar-refractivity contribution is -0.159. The maximum Gasteiger partial charge on any atom is 0.356 e. The Labute approximate surface area is 212 Å². The second-order valence-electron chi connectivity index (χ2n) is 8.14. The van der Waals surface area contributed by atoms with Crippen molar-refractivity contribution in [2.45, 2.75) is 18.5 Å². The molecule has 14 nitrogen and oxygen atoms in total. The first-order chi connectivity index (χ1) is 17.8. The van der Waals surface area contributed by atoms with E-state index in [4.69, 9.17) is 10.5 Å². The minimum absolute atomic E-state index is 0.0204. The fourth-order valence-electron chi connectivity index (χ4n) is 4.29. The standard InChI is InChI=1S/C22H19N7O7S/c23-22-25-11(9-37-22)15(27-35)18(30)26-16-12-8-36-13(17(21(33)34)29(12)20(16)32)7-10-4-6-28(19(10)31)14-3-1-2-5-24-14/h1-3,5,7,9,12,16,35H,4,6,8H2,(H2,23,25)(H,26,30)(H,33,34)/b10-7+,27-15-/t12-,16?/m1/s1. The largest absolute Gasteiger partial charge is 0.489 e. The first kappa shape index (κ1) is 23.9. The molecule has 0 saturated carbocycles. The van der Waals surface area contributed by atoms with Crippen molar-refractivity contribution >= 4 is 51.7 Å². The summed E-state index contributed by atoms with van der Waals surface area (Å²) in [7, 11) is 0. The van der Waals surface area contributed by atoms with E-state index in [0.717, 1.165) is 16.2 Å². The molecule has 2 aromatic rings. The van der Waals surface area contributed by atoms with Crippen LogP contribution in [-0.4, -0.2) is 79.8 Å². The van der Waals surface area contributed by atoms with Crippen LogP contribution in [0.25, 0.3) is 0 Å². The van der Waals surface area contributed by atoms with Crippen LogP contribution in [0, 0.1) is 0 Å². The third-order valence-electron chi connectivity index (χ3n) is 6.03. The van der Waals surface area contributed by atoms with Crippen molar-refractivity contribution in [2.75, 3.05) is 23.8 Å². The van der Waals surface area contributed by atoms with E-state index in [2.05, 4.69) is 20.4 Å². The van der Waals surface area contributed by atoms with Gasteiger partial charge in [0.25, 0.3) is 17.7 Å². The number of β-lactam (4-membered cyclic amide) rings is 1. The van der Waals surface area contributed by atoms with Crippen LogP contribution in [0.1, 0.15) is 12.1 Å². The minimum Gasteiger partial charge on any atom is -0.489 e. The van der Waals surface area contributed by atoms with Gasteiger partial charge in [-0.25, -0.2) is 14.8 Å². The van der Waals surface area contributed by atoms with E-state index >= 15 is 0 Å². The first-order valence-corrected chi connectivity index (χ1v) is 11.8. The SMILES string of the molecule is Nc1nc(/C(=N/O)C(=O)NC2C(=O)N3C(C(=O)O)=C(/C=C4\CCN(c5ccccn5)C4=O)OC[C@H]23)cs1. The average Bonchev–Trinajstić information content (AvgIpc) is 3.48. The number of carboxylic acid groups (broad SMARTS) is 1. The molecule has 2 fully saturated rings. The molecule has 2 aromatic heterocycles. The molecule has 5 N–H and O–H groups in total. The summed E-state index contributed by atoms with van der Waals surface area (Å²) in [6.45, 7) is 0.218. The van der Waals surface area contributed by atoms with Gasteiger partial charge in [-0.15, -0.1) is 11.3 Å². The summed E-state index contributed by atoms with van der Waals surface area (Å²) in [5.74, 6) is -3.04. The molecule has 3 aliphatic heterocycles. The van der Waals surface area contributed by atoms with Gasteiger partial charge in [0.2, 0.25) is 0 Å². The Balaban J connectivity index is 1.35. The molecule has 15 heteroatoms. The monoisotopic (exact) mass is 525 g/mol. The van der Waals surface area contributed by atoms with E-state index in [1.54, 1.807) is 24.4 Å². The highest BCUT2D eigenvalue weighted by Gasteiger charge is 2.55. The van der Waals surface area contributed by atoms with Crippen LogP contribution in [0.3, 0.4) is 0 Å². The number of nitrogens with two attached hydrogens (primary N) is 1. The highest BCUT2D eigenvalue weighted by atomic mass is 32.1. The second-order valence-corrected chi connectivity index (χ2v) is 9.03. The van der Waals surface area contributed by atoms with Crippen molar-refractivity contribution in [1.29, 1.82) is 0 Å². The highest BCUT2D eigenvalue weighted by molar-refractivity contribution is 7.13. The quantitative estimate of drug-likeness (QED) is 0.127. The number of ether oxygens (including phenoxy) is 1. The summed E-state index contributed by atoms with van der Waals surface area (Å²) in [4.78, 5) is 61.0. The molecule has 5 rings (SSSR count). The summed E-state index contributed by atoms with van der Waals surface area (Å²) < 4.78 is 5.66. The Morgan fingerprint density at radius 2 is 2.14 bits per heavy atom. The number of rotatable bonds is 6. The number of hydrogen-bond acceptors (Lipinski definition) is 11. The van der Waals surface area contributed by atoms with Crippen LogP contribution in [0.5, 0.6) is 0 Å².